The molecular formula is C15H11NO2. The quantitative estimate of drug-likeness (QED) is 0.814. The smallest absolute Gasteiger partial charge is 0.256 e. The Hall–Kier alpha value is -2.55. The van der Waals surface area contributed by atoms with E-state index in [-0.39, 0.29) is 5.91 Å². The number of allylic oxidation sites excluding steroid dienone is 2. The molecule has 1 aliphatic heterocycles. The lowest BCUT2D eigenvalue weighted by Crippen LogP contribution is -2.03. The maximum absolute atomic E-state index is 11.8. The van der Waals surface area contributed by atoms with Crippen LogP contribution >= 0.6 is 0 Å². The molecule has 18 heavy (non-hydrogen) atoms. The number of amides is 1. The van der Waals surface area contributed by atoms with Gasteiger partial charge in [-0.25, -0.2) is 0 Å². The molecule has 88 valence electrons. The third-order valence-corrected chi connectivity index (χ3v) is 2.78. The van der Waals surface area contributed by atoms with Gasteiger partial charge in [-0.2, -0.15) is 0 Å². The molecule has 3 heteroatoms. The normalized spacial score (nSPS) is 16.2. The summed E-state index contributed by atoms with van der Waals surface area (Å²) in [7, 11) is 0. The SMILES string of the molecule is O=C1Nc2ccccc2/C1=C\C=C\c1ccco1. The Bertz CT molecular complexity index is 636. The number of para-hydroxylation sites is 1. The predicted molar refractivity (Wildman–Crippen MR) is 70.8 cm³/mol. The lowest BCUT2D eigenvalue weighted by molar-refractivity contribution is -0.110. The average Bonchev–Trinajstić information content (AvgIpc) is 2.98. The lowest BCUT2D eigenvalue weighted by Gasteiger charge is -1.94. The fourth-order valence-electron chi connectivity index (χ4n) is 1.93. The average molecular weight is 237 g/mol. The van der Waals surface area contributed by atoms with Crippen LogP contribution in [-0.4, -0.2) is 5.91 Å². The fourth-order valence-corrected chi connectivity index (χ4v) is 1.93. The van der Waals surface area contributed by atoms with E-state index in [4.69, 9.17) is 4.42 Å². The van der Waals surface area contributed by atoms with Gasteiger partial charge < -0.3 is 9.73 Å². The number of anilines is 1. The summed E-state index contributed by atoms with van der Waals surface area (Å²) in [6.45, 7) is 0. The first-order valence-electron chi connectivity index (χ1n) is 5.67. The molecule has 3 rings (SSSR count). The maximum Gasteiger partial charge on any atom is 0.256 e. The molecule has 0 atom stereocenters. The molecule has 0 fully saturated rings. The minimum absolute atomic E-state index is 0.0692. The molecule has 1 amide bonds. The van der Waals surface area contributed by atoms with Crippen molar-refractivity contribution in [2.24, 2.45) is 0 Å². The van der Waals surface area contributed by atoms with E-state index < -0.39 is 0 Å². The number of hydrogen-bond acceptors (Lipinski definition) is 2. The maximum atomic E-state index is 11.8. The number of rotatable bonds is 2. The molecule has 1 aromatic carbocycles. The van der Waals surface area contributed by atoms with Crippen molar-refractivity contribution < 1.29 is 9.21 Å². The second-order valence-corrected chi connectivity index (χ2v) is 3.95. The standard InChI is InChI=1S/C15H11NO2/c17-15-13(8-3-5-11-6-4-10-18-11)12-7-1-2-9-14(12)16-15/h1-10H,(H,16,17)/b5-3+,13-8+. The zero-order valence-corrected chi connectivity index (χ0v) is 9.59. The Balaban J connectivity index is 1.90. The molecule has 1 aromatic heterocycles. The van der Waals surface area contributed by atoms with E-state index in [1.54, 1.807) is 12.3 Å². The summed E-state index contributed by atoms with van der Waals surface area (Å²) in [6, 6.07) is 11.3. The van der Waals surface area contributed by atoms with Crippen molar-refractivity contribution in [1.29, 1.82) is 0 Å². The first-order chi connectivity index (χ1) is 8.84. The van der Waals surface area contributed by atoms with Crippen LogP contribution in [0.25, 0.3) is 11.6 Å². The molecule has 0 spiro atoms. The summed E-state index contributed by atoms with van der Waals surface area (Å²) >= 11 is 0. The third kappa shape index (κ3) is 1.86. The summed E-state index contributed by atoms with van der Waals surface area (Å²) in [5.74, 6) is 0.693. The van der Waals surface area contributed by atoms with Gasteiger partial charge in [0.1, 0.15) is 5.76 Å². The van der Waals surface area contributed by atoms with Gasteiger partial charge in [-0.05, 0) is 30.4 Å². The highest BCUT2D eigenvalue weighted by Gasteiger charge is 2.22. The van der Waals surface area contributed by atoms with Gasteiger partial charge in [-0.15, -0.1) is 0 Å². The van der Waals surface area contributed by atoms with Crippen molar-refractivity contribution in [3.8, 4) is 0 Å². The van der Waals surface area contributed by atoms with Crippen LogP contribution in [0.4, 0.5) is 5.69 Å². The minimum atomic E-state index is -0.0692. The zero-order valence-electron chi connectivity index (χ0n) is 9.59. The van der Waals surface area contributed by atoms with Gasteiger partial charge in [0.15, 0.2) is 0 Å². The van der Waals surface area contributed by atoms with Crippen molar-refractivity contribution in [3.63, 3.8) is 0 Å². The van der Waals surface area contributed by atoms with E-state index in [0.29, 0.717) is 5.57 Å². The molecule has 0 bridgehead atoms. The van der Waals surface area contributed by atoms with E-state index in [0.717, 1.165) is 17.0 Å². The first-order valence-corrected chi connectivity index (χ1v) is 5.67. The summed E-state index contributed by atoms with van der Waals surface area (Å²) < 4.78 is 5.18. The van der Waals surface area contributed by atoms with Gasteiger partial charge in [-0.1, -0.05) is 24.3 Å². The van der Waals surface area contributed by atoms with Gasteiger partial charge >= 0.3 is 0 Å². The van der Waals surface area contributed by atoms with Gasteiger partial charge in [0.05, 0.1) is 6.26 Å². The van der Waals surface area contributed by atoms with Crippen molar-refractivity contribution in [2.45, 2.75) is 0 Å². The van der Waals surface area contributed by atoms with E-state index in [1.165, 1.54) is 0 Å². The lowest BCUT2D eigenvalue weighted by atomic mass is 10.1. The predicted octanol–water partition coefficient (Wildman–Crippen LogP) is 3.33. The Morgan fingerprint density at radius 2 is 2.00 bits per heavy atom. The van der Waals surface area contributed by atoms with Crippen LogP contribution in [0.2, 0.25) is 0 Å². The second-order valence-electron chi connectivity index (χ2n) is 3.95. The largest absolute Gasteiger partial charge is 0.465 e. The highest BCUT2D eigenvalue weighted by atomic mass is 16.3. The highest BCUT2D eigenvalue weighted by molar-refractivity contribution is 6.31. The fraction of sp³-hybridized carbons (Fsp3) is 0. The molecule has 0 saturated heterocycles. The van der Waals surface area contributed by atoms with Crippen molar-refractivity contribution >= 4 is 23.2 Å². The van der Waals surface area contributed by atoms with Crippen LogP contribution in [0.1, 0.15) is 11.3 Å². The van der Waals surface area contributed by atoms with Crippen molar-refractivity contribution in [3.05, 3.63) is 66.1 Å². The number of furan rings is 1. The van der Waals surface area contributed by atoms with Gasteiger partial charge in [0, 0.05) is 16.8 Å². The Kier molecular flexibility index (Phi) is 2.57. The zero-order chi connectivity index (χ0) is 12.4. The molecule has 1 aliphatic rings. The molecule has 0 saturated carbocycles. The molecule has 0 unspecified atom stereocenters. The topological polar surface area (TPSA) is 42.2 Å². The van der Waals surface area contributed by atoms with E-state index in [2.05, 4.69) is 5.32 Å². The second kappa shape index (κ2) is 4.37. The summed E-state index contributed by atoms with van der Waals surface area (Å²) in [5.41, 5.74) is 2.47. The van der Waals surface area contributed by atoms with E-state index in [1.807, 2.05) is 48.6 Å². The molecule has 1 N–H and O–H groups in total. The molecule has 0 radical (unpaired) electrons. The first kappa shape index (κ1) is 10.6. The third-order valence-electron chi connectivity index (χ3n) is 2.78. The summed E-state index contributed by atoms with van der Waals surface area (Å²) in [5, 5.41) is 2.83. The number of carbonyl (C=O) groups is 1. The van der Waals surface area contributed by atoms with Crippen LogP contribution in [0.15, 0.2) is 59.2 Å². The molecular weight excluding hydrogens is 226 g/mol. The summed E-state index contributed by atoms with van der Waals surface area (Å²) in [4.78, 5) is 11.8. The summed E-state index contributed by atoms with van der Waals surface area (Å²) in [6.07, 6.45) is 7.05. The molecule has 3 nitrogen and oxygen atoms in total. The van der Waals surface area contributed by atoms with Crippen LogP contribution in [0.3, 0.4) is 0 Å². The number of nitrogens with one attached hydrogen (secondary N) is 1. The highest BCUT2D eigenvalue weighted by Crippen LogP contribution is 2.31. The van der Waals surface area contributed by atoms with Crippen LogP contribution in [0, 0.1) is 0 Å². The van der Waals surface area contributed by atoms with Crippen LogP contribution < -0.4 is 5.32 Å². The van der Waals surface area contributed by atoms with Gasteiger partial charge in [0.25, 0.3) is 5.91 Å². The molecule has 0 aliphatic carbocycles. The van der Waals surface area contributed by atoms with Gasteiger partial charge in [0.2, 0.25) is 0 Å². The van der Waals surface area contributed by atoms with Crippen LogP contribution in [-0.2, 0) is 4.79 Å². The number of fused-ring (bicyclic) bond motifs is 1. The Labute approximate surface area is 104 Å². The van der Waals surface area contributed by atoms with Crippen LogP contribution in [0.5, 0.6) is 0 Å². The van der Waals surface area contributed by atoms with Crippen molar-refractivity contribution in [1.82, 2.24) is 0 Å². The van der Waals surface area contributed by atoms with E-state index in [9.17, 15) is 4.79 Å². The number of carbonyl (C=O) groups excluding carboxylic acids is 1. The van der Waals surface area contributed by atoms with E-state index >= 15 is 0 Å². The van der Waals surface area contributed by atoms with Crippen molar-refractivity contribution in [2.75, 3.05) is 5.32 Å². The molecule has 2 aromatic rings. The number of benzene rings is 1. The van der Waals surface area contributed by atoms with Gasteiger partial charge in [-0.3, -0.25) is 4.79 Å². The monoisotopic (exact) mass is 237 g/mol. The number of hydrogen-bond donors (Lipinski definition) is 1. The Morgan fingerprint density at radius 1 is 1.11 bits per heavy atom. The Morgan fingerprint density at radius 3 is 2.83 bits per heavy atom. The molecule has 2 heterocycles. The minimum Gasteiger partial charge on any atom is -0.465 e.